The summed E-state index contributed by atoms with van der Waals surface area (Å²) in [7, 11) is 1.69. The summed E-state index contributed by atoms with van der Waals surface area (Å²) in [5, 5.41) is 8.67. The topological polar surface area (TPSA) is 46.5 Å². The van der Waals surface area contributed by atoms with Crippen molar-refractivity contribution in [2.24, 2.45) is 0 Å². The summed E-state index contributed by atoms with van der Waals surface area (Å²) in [6, 6.07) is 2.06. The van der Waals surface area contributed by atoms with E-state index in [1.807, 2.05) is 19.1 Å². The molecule has 1 N–H and O–H groups in total. The third kappa shape index (κ3) is 5.58. The highest BCUT2D eigenvalue weighted by Crippen LogP contribution is 2.28. The number of ether oxygens (including phenoxy) is 1. The van der Waals surface area contributed by atoms with Crippen LogP contribution in [0.25, 0.3) is 6.08 Å². The van der Waals surface area contributed by atoms with Gasteiger partial charge in [0.05, 0.1) is 7.11 Å². The van der Waals surface area contributed by atoms with Crippen LogP contribution in [0.3, 0.4) is 0 Å². The number of hydrogen-bond acceptors (Lipinski definition) is 2. The molecule has 24 heavy (non-hydrogen) atoms. The molecule has 128 valence electrons. The van der Waals surface area contributed by atoms with Gasteiger partial charge in [0.25, 0.3) is 0 Å². The van der Waals surface area contributed by atoms with Crippen molar-refractivity contribution in [2.75, 3.05) is 7.11 Å². The molecule has 0 amide bonds. The van der Waals surface area contributed by atoms with Crippen molar-refractivity contribution in [2.45, 2.75) is 34.6 Å². The fourth-order valence-electron chi connectivity index (χ4n) is 2.40. The molecule has 1 rings (SSSR count). The van der Waals surface area contributed by atoms with Gasteiger partial charge in [-0.25, -0.2) is 4.79 Å². The van der Waals surface area contributed by atoms with Crippen LogP contribution >= 0.6 is 0 Å². The van der Waals surface area contributed by atoms with Gasteiger partial charge in [-0.1, -0.05) is 36.0 Å². The molecule has 0 fully saturated rings. The van der Waals surface area contributed by atoms with Crippen LogP contribution < -0.4 is 4.74 Å². The zero-order valence-corrected chi connectivity index (χ0v) is 15.3. The smallest absolute Gasteiger partial charge is 0.328 e. The third-order valence-corrected chi connectivity index (χ3v) is 3.91. The molecule has 0 bridgehead atoms. The van der Waals surface area contributed by atoms with Crippen molar-refractivity contribution in [3.63, 3.8) is 0 Å². The van der Waals surface area contributed by atoms with E-state index in [1.165, 1.54) is 22.8 Å². The molecule has 0 saturated carbocycles. The van der Waals surface area contributed by atoms with E-state index in [1.54, 1.807) is 20.1 Å². The van der Waals surface area contributed by atoms with Gasteiger partial charge in [-0.05, 0) is 68.5 Å². The van der Waals surface area contributed by atoms with Crippen molar-refractivity contribution in [1.82, 2.24) is 0 Å². The molecule has 0 saturated heterocycles. The van der Waals surface area contributed by atoms with Crippen LogP contribution in [0.15, 0.2) is 47.6 Å². The normalized spacial score (nSPS) is 13.1. The van der Waals surface area contributed by atoms with E-state index in [9.17, 15) is 4.79 Å². The molecular formula is C21H26O3. The van der Waals surface area contributed by atoms with Crippen LogP contribution in [-0.4, -0.2) is 18.2 Å². The maximum Gasteiger partial charge on any atom is 0.328 e. The van der Waals surface area contributed by atoms with E-state index in [4.69, 9.17) is 9.84 Å². The van der Waals surface area contributed by atoms with Crippen LogP contribution in [0.4, 0.5) is 0 Å². The summed E-state index contributed by atoms with van der Waals surface area (Å²) in [5.74, 6) is -0.0170. The molecule has 0 aromatic heterocycles. The first-order chi connectivity index (χ1) is 11.3. The lowest BCUT2D eigenvalue weighted by atomic mass is 9.96. The fourth-order valence-corrected chi connectivity index (χ4v) is 2.40. The first-order valence-electron chi connectivity index (χ1n) is 7.85. The summed E-state index contributed by atoms with van der Waals surface area (Å²) in [4.78, 5) is 10.6. The molecule has 1 aromatic carbocycles. The number of rotatable bonds is 6. The molecule has 0 aliphatic carbocycles. The number of methoxy groups -OCH3 is 1. The van der Waals surface area contributed by atoms with Gasteiger partial charge in [-0.2, -0.15) is 0 Å². The Morgan fingerprint density at radius 1 is 1.08 bits per heavy atom. The lowest BCUT2D eigenvalue weighted by Crippen LogP contribution is -1.95. The highest BCUT2D eigenvalue weighted by atomic mass is 16.5. The average molecular weight is 326 g/mol. The van der Waals surface area contributed by atoms with Crippen molar-refractivity contribution < 1.29 is 14.6 Å². The Hall–Kier alpha value is -2.55. The highest BCUT2D eigenvalue weighted by molar-refractivity contribution is 5.81. The number of benzene rings is 1. The lowest BCUT2D eigenvalue weighted by Gasteiger charge is -2.13. The quantitative estimate of drug-likeness (QED) is 0.579. The highest BCUT2D eigenvalue weighted by Gasteiger charge is 2.08. The predicted molar refractivity (Wildman–Crippen MR) is 101 cm³/mol. The van der Waals surface area contributed by atoms with Crippen molar-refractivity contribution in [3.05, 3.63) is 69.8 Å². The summed E-state index contributed by atoms with van der Waals surface area (Å²) in [6.07, 6.45) is 10.9. The molecule has 0 aliphatic heterocycles. The molecule has 0 heterocycles. The first-order valence-corrected chi connectivity index (χ1v) is 7.85. The zero-order valence-electron chi connectivity index (χ0n) is 15.3. The van der Waals surface area contributed by atoms with Gasteiger partial charge in [0.15, 0.2) is 0 Å². The van der Waals surface area contributed by atoms with E-state index in [-0.39, 0.29) is 0 Å². The Morgan fingerprint density at radius 2 is 1.75 bits per heavy atom. The average Bonchev–Trinajstić information content (AvgIpc) is 2.50. The first kappa shape index (κ1) is 19.5. The number of carboxylic acid groups (broad SMARTS) is 1. The van der Waals surface area contributed by atoms with Gasteiger partial charge in [0, 0.05) is 6.08 Å². The van der Waals surface area contributed by atoms with E-state index >= 15 is 0 Å². The number of hydrogen-bond donors (Lipinski definition) is 1. The second kappa shape index (κ2) is 8.92. The second-order valence-electron chi connectivity index (χ2n) is 5.89. The van der Waals surface area contributed by atoms with Crippen LogP contribution in [0.5, 0.6) is 5.75 Å². The minimum atomic E-state index is -0.932. The Balaban J connectivity index is 2.97. The Bertz CT molecular complexity index is 732. The molecule has 0 radical (unpaired) electrons. The van der Waals surface area contributed by atoms with Crippen LogP contribution in [0.1, 0.15) is 36.1 Å². The molecule has 3 nitrogen and oxygen atoms in total. The molecule has 0 atom stereocenters. The summed E-state index contributed by atoms with van der Waals surface area (Å²) in [5.41, 5.74) is 6.53. The molecule has 0 spiro atoms. The van der Waals surface area contributed by atoms with Gasteiger partial charge < -0.3 is 9.84 Å². The Kier molecular flexibility index (Phi) is 7.25. The van der Waals surface area contributed by atoms with Gasteiger partial charge >= 0.3 is 5.97 Å². The SMILES string of the molecule is COc1cc(C)c(/C=C/C(C)=C/C=C/C(C)=C\C(=O)O)c(C)c1C. The Labute approximate surface area is 144 Å². The zero-order chi connectivity index (χ0) is 18.3. The molecule has 0 aliphatic rings. The minimum absolute atomic E-state index is 0.702. The van der Waals surface area contributed by atoms with E-state index in [2.05, 4.69) is 39.0 Å². The van der Waals surface area contributed by atoms with E-state index < -0.39 is 5.97 Å². The van der Waals surface area contributed by atoms with Gasteiger partial charge in [-0.15, -0.1) is 0 Å². The summed E-state index contributed by atoms with van der Waals surface area (Å²) < 4.78 is 5.40. The second-order valence-corrected chi connectivity index (χ2v) is 5.89. The van der Waals surface area contributed by atoms with Crippen molar-refractivity contribution in [1.29, 1.82) is 0 Å². The number of aliphatic carboxylic acids is 1. The lowest BCUT2D eigenvalue weighted by molar-refractivity contribution is -0.131. The molecule has 1 aromatic rings. The monoisotopic (exact) mass is 326 g/mol. The molecule has 3 heteroatoms. The largest absolute Gasteiger partial charge is 0.496 e. The van der Waals surface area contributed by atoms with E-state index in [0.717, 1.165) is 16.9 Å². The van der Waals surface area contributed by atoms with Crippen molar-refractivity contribution in [3.8, 4) is 5.75 Å². The molecular weight excluding hydrogens is 300 g/mol. The van der Waals surface area contributed by atoms with Gasteiger partial charge in [0.2, 0.25) is 0 Å². The van der Waals surface area contributed by atoms with Crippen molar-refractivity contribution >= 4 is 12.0 Å². The standard InChI is InChI=1S/C21H26O3/c1-14(8-7-9-15(2)12-21(22)23)10-11-19-16(3)13-20(24-6)18(5)17(19)4/h7-13H,1-6H3,(H,22,23)/b9-7+,11-10+,14-8+,15-12-. The third-order valence-electron chi connectivity index (χ3n) is 3.91. The predicted octanol–water partition coefficient (Wildman–Crippen LogP) is 5.17. The van der Waals surface area contributed by atoms with E-state index in [0.29, 0.717) is 5.57 Å². The molecule has 0 unspecified atom stereocenters. The minimum Gasteiger partial charge on any atom is -0.496 e. The van der Waals surface area contributed by atoms with Gasteiger partial charge in [-0.3, -0.25) is 0 Å². The van der Waals surface area contributed by atoms with Crippen LogP contribution in [0, 0.1) is 20.8 Å². The Morgan fingerprint density at radius 3 is 2.33 bits per heavy atom. The fraction of sp³-hybridized carbons (Fsp3) is 0.286. The van der Waals surface area contributed by atoms with Crippen LogP contribution in [0.2, 0.25) is 0 Å². The maximum absolute atomic E-state index is 10.6. The number of carboxylic acids is 1. The summed E-state index contributed by atoms with van der Waals surface area (Å²) in [6.45, 7) is 10.0. The number of allylic oxidation sites excluding steroid dienone is 6. The van der Waals surface area contributed by atoms with Crippen LogP contribution in [-0.2, 0) is 4.79 Å². The van der Waals surface area contributed by atoms with Gasteiger partial charge in [0.1, 0.15) is 5.75 Å². The summed E-state index contributed by atoms with van der Waals surface area (Å²) >= 11 is 0. The number of carbonyl (C=O) groups is 1. The number of aryl methyl sites for hydroxylation is 1. The maximum atomic E-state index is 10.6.